The predicted octanol–water partition coefficient (Wildman–Crippen LogP) is 5.35. The van der Waals surface area contributed by atoms with E-state index in [0.29, 0.717) is 33.0 Å². The molecule has 0 saturated carbocycles. The molecular weight excluding hydrogens is 448 g/mol. The molecule has 9 heteroatoms. The molecule has 0 saturated heterocycles. The third-order valence-electron chi connectivity index (χ3n) is 4.87. The van der Waals surface area contributed by atoms with Crippen molar-refractivity contribution < 1.29 is 18.9 Å². The van der Waals surface area contributed by atoms with Crippen LogP contribution in [0.5, 0.6) is 5.75 Å². The molecule has 1 amide bonds. The summed E-state index contributed by atoms with van der Waals surface area (Å²) in [6.45, 7) is 1.62. The van der Waals surface area contributed by atoms with E-state index in [-0.39, 0.29) is 17.9 Å². The van der Waals surface area contributed by atoms with Gasteiger partial charge in [0, 0.05) is 29.7 Å². The highest BCUT2D eigenvalue weighted by molar-refractivity contribution is 6.33. The van der Waals surface area contributed by atoms with Crippen LogP contribution in [0.15, 0.2) is 75.9 Å². The average molecular weight is 465 g/mol. The summed E-state index contributed by atoms with van der Waals surface area (Å²) in [4.78, 5) is 34.7. The number of nitro groups is 1. The Balaban J connectivity index is 1.54. The first-order valence-corrected chi connectivity index (χ1v) is 10.2. The molecule has 1 aromatic heterocycles. The number of hydrogen-bond donors (Lipinski definition) is 1. The Bertz CT molecular complexity index is 1430. The number of benzene rings is 3. The smallest absolute Gasteiger partial charge is 0.336 e. The van der Waals surface area contributed by atoms with Crippen LogP contribution < -0.4 is 15.7 Å². The van der Waals surface area contributed by atoms with E-state index in [1.165, 1.54) is 24.3 Å². The number of hydrogen-bond acceptors (Lipinski definition) is 6. The highest BCUT2D eigenvalue weighted by Crippen LogP contribution is 2.31. The van der Waals surface area contributed by atoms with E-state index in [9.17, 15) is 19.7 Å². The largest absolute Gasteiger partial charge is 0.484 e. The minimum absolute atomic E-state index is 0.0492. The summed E-state index contributed by atoms with van der Waals surface area (Å²) >= 11 is 6.13. The van der Waals surface area contributed by atoms with Crippen LogP contribution >= 0.6 is 11.6 Å². The highest BCUT2D eigenvalue weighted by atomic mass is 35.5. The molecule has 0 aliphatic heterocycles. The number of amides is 1. The lowest BCUT2D eigenvalue weighted by Gasteiger charge is -2.10. The third kappa shape index (κ3) is 5.02. The summed E-state index contributed by atoms with van der Waals surface area (Å²) in [6, 6.07) is 17.3. The Kier molecular flexibility index (Phi) is 6.10. The number of carbonyl (C=O) groups excluding carboxylic acids is 1. The zero-order valence-electron chi connectivity index (χ0n) is 17.3. The summed E-state index contributed by atoms with van der Waals surface area (Å²) in [5.74, 6) is -0.0708. The maximum atomic E-state index is 12.2. The monoisotopic (exact) mass is 464 g/mol. The Hall–Kier alpha value is -4.17. The number of ether oxygens (including phenoxy) is 1. The minimum atomic E-state index is -0.584. The maximum absolute atomic E-state index is 12.2. The van der Waals surface area contributed by atoms with Gasteiger partial charge >= 0.3 is 5.63 Å². The number of rotatable bonds is 6. The molecule has 0 bridgehead atoms. The number of nitro benzene ring substituents is 1. The number of anilines is 1. The minimum Gasteiger partial charge on any atom is -0.484 e. The molecule has 0 radical (unpaired) electrons. The number of non-ortho nitro benzene ring substituents is 1. The first kappa shape index (κ1) is 22.0. The van der Waals surface area contributed by atoms with Crippen molar-refractivity contribution in [3.8, 4) is 16.9 Å². The molecule has 33 heavy (non-hydrogen) atoms. The number of nitrogens with one attached hydrogen (secondary N) is 1. The Morgan fingerprint density at radius 1 is 1.09 bits per heavy atom. The molecule has 1 heterocycles. The van der Waals surface area contributed by atoms with Crippen molar-refractivity contribution in [3.63, 3.8) is 0 Å². The van der Waals surface area contributed by atoms with E-state index < -0.39 is 16.5 Å². The lowest BCUT2D eigenvalue weighted by atomic mass is 10.0. The molecule has 0 fully saturated rings. The first-order valence-electron chi connectivity index (χ1n) is 9.82. The molecule has 4 rings (SSSR count). The number of fused-ring (bicyclic) bond motifs is 1. The van der Waals surface area contributed by atoms with E-state index >= 15 is 0 Å². The van der Waals surface area contributed by atoms with Gasteiger partial charge in [-0.3, -0.25) is 14.9 Å². The van der Waals surface area contributed by atoms with Gasteiger partial charge in [0.25, 0.3) is 11.6 Å². The van der Waals surface area contributed by atoms with Crippen molar-refractivity contribution in [3.05, 3.63) is 97.9 Å². The Labute approximate surface area is 192 Å². The quantitative estimate of drug-likeness (QED) is 0.234. The van der Waals surface area contributed by atoms with Crippen LogP contribution in [0.1, 0.15) is 5.56 Å². The summed E-state index contributed by atoms with van der Waals surface area (Å²) in [5.41, 5.74) is 2.27. The molecule has 166 valence electrons. The summed E-state index contributed by atoms with van der Waals surface area (Å²) in [7, 11) is 0. The van der Waals surface area contributed by atoms with E-state index in [2.05, 4.69) is 5.32 Å². The van der Waals surface area contributed by atoms with E-state index in [1.807, 2.05) is 13.0 Å². The van der Waals surface area contributed by atoms with Gasteiger partial charge in [-0.05, 0) is 60.0 Å². The normalized spacial score (nSPS) is 10.7. The molecule has 8 nitrogen and oxygen atoms in total. The van der Waals surface area contributed by atoms with Crippen LogP contribution in [0.4, 0.5) is 11.4 Å². The lowest BCUT2D eigenvalue weighted by Crippen LogP contribution is -2.20. The fraction of sp³-hybridized carbons (Fsp3) is 0.0833. The fourth-order valence-electron chi connectivity index (χ4n) is 3.29. The van der Waals surface area contributed by atoms with Gasteiger partial charge in [-0.25, -0.2) is 4.79 Å². The van der Waals surface area contributed by atoms with Crippen LogP contribution in [0.25, 0.3) is 22.1 Å². The molecule has 0 atom stereocenters. The molecule has 0 aliphatic rings. The zero-order valence-corrected chi connectivity index (χ0v) is 18.1. The van der Waals surface area contributed by atoms with Gasteiger partial charge in [0.15, 0.2) is 6.61 Å². The van der Waals surface area contributed by atoms with Crippen LogP contribution in [-0.2, 0) is 4.79 Å². The van der Waals surface area contributed by atoms with E-state index in [1.54, 1.807) is 36.4 Å². The van der Waals surface area contributed by atoms with E-state index in [0.717, 1.165) is 5.56 Å². The second-order valence-corrected chi connectivity index (χ2v) is 7.67. The molecule has 0 unspecified atom stereocenters. The van der Waals surface area contributed by atoms with Crippen molar-refractivity contribution in [1.29, 1.82) is 0 Å². The summed E-state index contributed by atoms with van der Waals surface area (Å²) < 4.78 is 10.8. The van der Waals surface area contributed by atoms with Gasteiger partial charge in [-0.1, -0.05) is 17.7 Å². The third-order valence-corrected chi connectivity index (χ3v) is 5.19. The second kappa shape index (κ2) is 9.13. The molecular formula is C24H17ClN2O6. The Morgan fingerprint density at radius 2 is 1.85 bits per heavy atom. The molecule has 3 aromatic carbocycles. The highest BCUT2D eigenvalue weighted by Gasteiger charge is 2.12. The SMILES string of the molecule is Cc1ccc(NC(=O)COc2ccc3c(-c4ccc([N+](=O)[O-])cc4)cc(=O)oc3c2)c(Cl)c1. The molecule has 0 spiro atoms. The average Bonchev–Trinajstić information content (AvgIpc) is 2.79. The number of nitrogens with zero attached hydrogens (tertiary/aromatic N) is 1. The summed E-state index contributed by atoms with van der Waals surface area (Å²) in [6.07, 6.45) is 0. The standard InChI is InChI=1S/C24H17ClN2O6/c1-14-2-9-21(20(25)10-14)26-23(28)13-32-17-7-8-18-19(12-24(29)33-22(18)11-17)15-3-5-16(6-4-15)27(30)31/h2-12H,13H2,1H3,(H,26,28). The number of carbonyl (C=O) groups is 1. The first-order chi connectivity index (χ1) is 15.8. The van der Waals surface area contributed by atoms with Gasteiger partial charge in [0.2, 0.25) is 0 Å². The molecule has 4 aromatic rings. The van der Waals surface area contributed by atoms with Gasteiger partial charge in [-0.2, -0.15) is 0 Å². The van der Waals surface area contributed by atoms with Crippen molar-refractivity contribution in [2.75, 3.05) is 11.9 Å². The van der Waals surface area contributed by atoms with Crippen LogP contribution in [-0.4, -0.2) is 17.4 Å². The lowest BCUT2D eigenvalue weighted by molar-refractivity contribution is -0.384. The molecule has 1 N–H and O–H groups in total. The molecule has 0 aliphatic carbocycles. The topological polar surface area (TPSA) is 112 Å². The van der Waals surface area contributed by atoms with Crippen molar-refractivity contribution >= 4 is 39.9 Å². The zero-order chi connectivity index (χ0) is 23.5. The van der Waals surface area contributed by atoms with Crippen LogP contribution in [0.2, 0.25) is 5.02 Å². The van der Waals surface area contributed by atoms with Crippen LogP contribution in [0.3, 0.4) is 0 Å². The maximum Gasteiger partial charge on any atom is 0.336 e. The van der Waals surface area contributed by atoms with Gasteiger partial charge < -0.3 is 14.5 Å². The van der Waals surface area contributed by atoms with E-state index in [4.69, 9.17) is 20.8 Å². The Morgan fingerprint density at radius 3 is 2.55 bits per heavy atom. The summed E-state index contributed by atoms with van der Waals surface area (Å²) in [5, 5.41) is 14.6. The number of aryl methyl sites for hydroxylation is 1. The van der Waals surface area contributed by atoms with Gasteiger partial charge in [-0.15, -0.1) is 0 Å². The number of halogens is 1. The van der Waals surface area contributed by atoms with Crippen molar-refractivity contribution in [2.45, 2.75) is 6.92 Å². The van der Waals surface area contributed by atoms with Crippen molar-refractivity contribution in [2.24, 2.45) is 0 Å². The van der Waals surface area contributed by atoms with Crippen molar-refractivity contribution in [1.82, 2.24) is 0 Å². The predicted molar refractivity (Wildman–Crippen MR) is 125 cm³/mol. The second-order valence-electron chi connectivity index (χ2n) is 7.26. The van der Waals surface area contributed by atoms with Gasteiger partial charge in [0.1, 0.15) is 11.3 Å². The fourth-order valence-corrected chi connectivity index (χ4v) is 3.57. The van der Waals surface area contributed by atoms with Crippen LogP contribution in [0, 0.1) is 17.0 Å². The van der Waals surface area contributed by atoms with Gasteiger partial charge in [0.05, 0.1) is 15.6 Å².